The number of carbonyl (C=O) groups is 2. The number of unbranched alkanes of at least 4 members (excludes halogenated alkanes) is 1. The van der Waals surface area contributed by atoms with Gasteiger partial charge in [0.1, 0.15) is 0 Å². The molecule has 4 N–H and O–H groups in total. The molecule has 6 heteroatoms. The van der Waals surface area contributed by atoms with Crippen LogP contribution in [-0.4, -0.2) is 24.9 Å². The lowest BCUT2D eigenvalue weighted by atomic mass is 9.99. The molecule has 0 fully saturated rings. The van der Waals surface area contributed by atoms with E-state index in [1.807, 2.05) is 36.4 Å². The largest absolute Gasteiger partial charge is 0.348 e. The number of aryl methyl sites for hydroxylation is 1. The average Bonchev–Trinajstić information content (AvgIpc) is 2.69. The zero-order valence-corrected chi connectivity index (χ0v) is 16.2. The second-order valence-electron chi connectivity index (χ2n) is 6.24. The van der Waals surface area contributed by atoms with Gasteiger partial charge < -0.3 is 16.4 Å². The number of halogens is 1. The Labute approximate surface area is 167 Å². The third-order valence-electron chi connectivity index (χ3n) is 4.22. The number of hydrogen-bond acceptors (Lipinski definition) is 3. The maximum Gasteiger partial charge on any atom is 0.239 e. The van der Waals surface area contributed by atoms with Crippen molar-refractivity contribution >= 4 is 24.2 Å². The highest BCUT2D eigenvalue weighted by molar-refractivity contribution is 5.85. The number of carbonyl (C=O) groups excluding carboxylic acids is 2. The Balaban J connectivity index is 0.00000364. The zero-order chi connectivity index (χ0) is 18.6. The van der Waals surface area contributed by atoms with Crippen molar-refractivity contribution in [3.63, 3.8) is 0 Å². The number of amides is 2. The van der Waals surface area contributed by atoms with Crippen molar-refractivity contribution in [2.75, 3.05) is 13.1 Å². The molecule has 0 saturated carbocycles. The van der Waals surface area contributed by atoms with Gasteiger partial charge in [-0.3, -0.25) is 9.59 Å². The molecule has 0 heterocycles. The van der Waals surface area contributed by atoms with Crippen LogP contribution in [0.2, 0.25) is 0 Å². The molecule has 0 spiro atoms. The Kier molecular flexibility index (Phi) is 10.8. The summed E-state index contributed by atoms with van der Waals surface area (Å²) in [5.74, 6) is -0.539. The van der Waals surface area contributed by atoms with Crippen LogP contribution in [0.1, 0.15) is 36.4 Å². The normalized spacial score (nSPS) is 11.1. The predicted octanol–water partition coefficient (Wildman–Crippen LogP) is 2.75. The first kappa shape index (κ1) is 22.7. The van der Waals surface area contributed by atoms with Crippen LogP contribution in [0.25, 0.3) is 0 Å². The van der Waals surface area contributed by atoms with Crippen molar-refractivity contribution in [1.29, 1.82) is 0 Å². The summed E-state index contributed by atoms with van der Waals surface area (Å²) in [7, 11) is 0. The summed E-state index contributed by atoms with van der Waals surface area (Å²) in [6.45, 7) is -0.168. The highest BCUT2D eigenvalue weighted by Gasteiger charge is 2.14. The van der Waals surface area contributed by atoms with E-state index in [0.29, 0.717) is 0 Å². The topological polar surface area (TPSA) is 84.2 Å². The Morgan fingerprint density at radius 2 is 1.52 bits per heavy atom. The fourth-order valence-corrected chi connectivity index (χ4v) is 2.83. The number of rotatable bonds is 10. The van der Waals surface area contributed by atoms with Gasteiger partial charge in [0.15, 0.2) is 0 Å². The van der Waals surface area contributed by atoms with Gasteiger partial charge in [-0.25, -0.2) is 0 Å². The molecule has 146 valence electrons. The summed E-state index contributed by atoms with van der Waals surface area (Å²) in [4.78, 5) is 23.3. The molecule has 0 bridgehead atoms. The number of hydrogen-bond donors (Lipinski definition) is 3. The van der Waals surface area contributed by atoms with Crippen LogP contribution in [-0.2, 0) is 16.0 Å². The third-order valence-corrected chi connectivity index (χ3v) is 4.22. The smallest absolute Gasteiger partial charge is 0.239 e. The molecule has 0 aliphatic carbocycles. The van der Waals surface area contributed by atoms with Crippen LogP contribution in [0.15, 0.2) is 60.7 Å². The minimum atomic E-state index is -0.334. The predicted molar refractivity (Wildman–Crippen MR) is 111 cm³/mol. The molecular formula is C21H28ClN3O2. The van der Waals surface area contributed by atoms with Crippen LogP contribution in [0.5, 0.6) is 0 Å². The van der Waals surface area contributed by atoms with E-state index in [-0.39, 0.29) is 43.4 Å². The Hall–Kier alpha value is -2.37. The third kappa shape index (κ3) is 8.71. The lowest BCUT2D eigenvalue weighted by molar-refractivity contribution is -0.125. The second-order valence-corrected chi connectivity index (χ2v) is 6.24. The molecule has 2 amide bonds. The van der Waals surface area contributed by atoms with E-state index >= 15 is 0 Å². The van der Waals surface area contributed by atoms with Crippen molar-refractivity contribution in [2.45, 2.75) is 31.7 Å². The molecule has 2 rings (SSSR count). The Morgan fingerprint density at radius 3 is 2.15 bits per heavy atom. The molecule has 0 saturated heterocycles. The van der Waals surface area contributed by atoms with Crippen LogP contribution in [0.3, 0.4) is 0 Å². The Bertz CT molecular complexity index is 680. The van der Waals surface area contributed by atoms with E-state index < -0.39 is 0 Å². The first-order chi connectivity index (χ1) is 12.7. The van der Waals surface area contributed by atoms with Gasteiger partial charge in [-0.15, -0.1) is 12.4 Å². The SMILES string of the molecule is Cl.NCC(=O)NCC(=O)NC(CCCCc1ccccc1)c1ccccc1. The van der Waals surface area contributed by atoms with E-state index in [4.69, 9.17) is 5.73 Å². The van der Waals surface area contributed by atoms with Gasteiger partial charge in [-0.05, 0) is 30.4 Å². The lowest BCUT2D eigenvalue weighted by Gasteiger charge is -2.19. The summed E-state index contributed by atoms with van der Waals surface area (Å²) in [6.07, 6.45) is 3.95. The molecular weight excluding hydrogens is 362 g/mol. The summed E-state index contributed by atoms with van der Waals surface area (Å²) >= 11 is 0. The highest BCUT2D eigenvalue weighted by atomic mass is 35.5. The first-order valence-corrected chi connectivity index (χ1v) is 9.04. The fraction of sp³-hybridized carbons (Fsp3) is 0.333. The van der Waals surface area contributed by atoms with E-state index in [1.165, 1.54) is 5.56 Å². The molecule has 2 aromatic carbocycles. The quantitative estimate of drug-likeness (QED) is 0.546. The number of nitrogens with two attached hydrogens (primary N) is 1. The van der Waals surface area contributed by atoms with Crippen LogP contribution >= 0.6 is 12.4 Å². The zero-order valence-electron chi connectivity index (χ0n) is 15.4. The lowest BCUT2D eigenvalue weighted by Crippen LogP contribution is -2.40. The van der Waals surface area contributed by atoms with Crippen LogP contribution in [0, 0.1) is 0 Å². The van der Waals surface area contributed by atoms with Gasteiger partial charge in [-0.2, -0.15) is 0 Å². The molecule has 0 aromatic heterocycles. The van der Waals surface area contributed by atoms with Gasteiger partial charge in [0.2, 0.25) is 11.8 Å². The van der Waals surface area contributed by atoms with E-state index in [2.05, 4.69) is 34.9 Å². The number of benzene rings is 2. The van der Waals surface area contributed by atoms with Crippen molar-refractivity contribution in [3.05, 3.63) is 71.8 Å². The van der Waals surface area contributed by atoms with Crippen molar-refractivity contribution in [2.24, 2.45) is 5.73 Å². The summed E-state index contributed by atoms with van der Waals surface area (Å²) in [5, 5.41) is 5.52. The van der Waals surface area contributed by atoms with Crippen LogP contribution < -0.4 is 16.4 Å². The van der Waals surface area contributed by atoms with Crippen molar-refractivity contribution in [3.8, 4) is 0 Å². The first-order valence-electron chi connectivity index (χ1n) is 9.04. The maximum absolute atomic E-state index is 12.1. The van der Waals surface area contributed by atoms with Gasteiger partial charge in [0, 0.05) is 0 Å². The molecule has 2 aromatic rings. The minimum absolute atomic E-state index is 0. The standard InChI is InChI=1S/C21H27N3O2.ClH/c22-15-20(25)23-16-21(26)24-19(18-12-5-2-6-13-18)14-8-7-11-17-9-3-1-4-10-17;/h1-6,9-10,12-13,19H,7-8,11,14-16,22H2,(H,23,25)(H,24,26);1H. The molecule has 27 heavy (non-hydrogen) atoms. The highest BCUT2D eigenvalue weighted by Crippen LogP contribution is 2.20. The van der Waals surface area contributed by atoms with E-state index in [9.17, 15) is 9.59 Å². The summed E-state index contributed by atoms with van der Waals surface area (Å²) in [6, 6.07) is 20.3. The molecule has 0 aliphatic heterocycles. The van der Waals surface area contributed by atoms with Gasteiger partial charge in [0.05, 0.1) is 19.1 Å². The van der Waals surface area contributed by atoms with Crippen molar-refractivity contribution in [1.82, 2.24) is 10.6 Å². The fourth-order valence-electron chi connectivity index (χ4n) is 2.83. The molecule has 0 radical (unpaired) electrons. The van der Waals surface area contributed by atoms with E-state index in [0.717, 1.165) is 31.2 Å². The molecule has 1 atom stereocenters. The van der Waals surface area contributed by atoms with Gasteiger partial charge in [0.25, 0.3) is 0 Å². The summed E-state index contributed by atoms with van der Waals surface area (Å²) < 4.78 is 0. The van der Waals surface area contributed by atoms with Crippen molar-refractivity contribution < 1.29 is 9.59 Å². The van der Waals surface area contributed by atoms with Crippen LogP contribution in [0.4, 0.5) is 0 Å². The molecule has 1 unspecified atom stereocenters. The Morgan fingerprint density at radius 1 is 0.889 bits per heavy atom. The number of nitrogens with one attached hydrogen (secondary N) is 2. The minimum Gasteiger partial charge on any atom is -0.348 e. The van der Waals surface area contributed by atoms with E-state index in [1.54, 1.807) is 0 Å². The van der Waals surface area contributed by atoms with Gasteiger partial charge in [-0.1, -0.05) is 67.1 Å². The second kappa shape index (κ2) is 12.9. The van der Waals surface area contributed by atoms with Gasteiger partial charge >= 0.3 is 0 Å². The molecule has 5 nitrogen and oxygen atoms in total. The summed E-state index contributed by atoms with van der Waals surface area (Å²) in [5.41, 5.74) is 7.64. The average molecular weight is 390 g/mol. The molecule has 0 aliphatic rings. The monoisotopic (exact) mass is 389 g/mol. The maximum atomic E-state index is 12.1.